The molecule has 0 N–H and O–H groups in total. The molecule has 1 aliphatic heterocycles. The quantitative estimate of drug-likeness (QED) is 0.766. The molecule has 7 heteroatoms. The van der Waals surface area contributed by atoms with E-state index in [0.717, 1.165) is 0 Å². The van der Waals surface area contributed by atoms with Gasteiger partial charge in [0, 0.05) is 30.9 Å². The number of carbonyl (C=O) groups excluding carboxylic acids is 1. The van der Waals surface area contributed by atoms with Crippen molar-refractivity contribution < 1.29 is 13.2 Å². The van der Waals surface area contributed by atoms with E-state index >= 15 is 0 Å². The first kappa shape index (κ1) is 15.8. The Kier molecular flexibility index (Phi) is 5.08. The van der Waals surface area contributed by atoms with Gasteiger partial charge in [-0.1, -0.05) is 20.8 Å². The molecule has 106 valence electrons. The van der Waals surface area contributed by atoms with Crippen LogP contribution in [-0.4, -0.2) is 66.5 Å². The van der Waals surface area contributed by atoms with Gasteiger partial charge < -0.3 is 4.90 Å². The van der Waals surface area contributed by atoms with Crippen LogP contribution in [0.2, 0.25) is 0 Å². The first-order valence-electron chi connectivity index (χ1n) is 5.96. The molecule has 0 saturated carbocycles. The number of thioether (sulfide) groups is 1. The Morgan fingerprint density at radius 1 is 1.17 bits per heavy atom. The average Bonchev–Trinajstić information content (AvgIpc) is 2.24. The minimum Gasteiger partial charge on any atom is -0.339 e. The summed E-state index contributed by atoms with van der Waals surface area (Å²) >= 11 is 1.62. The number of amides is 1. The van der Waals surface area contributed by atoms with E-state index in [-0.39, 0.29) is 10.7 Å². The van der Waals surface area contributed by atoms with Gasteiger partial charge in [0.2, 0.25) is 15.9 Å². The van der Waals surface area contributed by atoms with Gasteiger partial charge in [-0.15, -0.1) is 11.8 Å². The molecule has 0 atom stereocenters. The van der Waals surface area contributed by atoms with Gasteiger partial charge in [-0.3, -0.25) is 4.79 Å². The van der Waals surface area contributed by atoms with Crippen LogP contribution in [0.4, 0.5) is 0 Å². The molecule has 0 radical (unpaired) electrons. The minimum atomic E-state index is -3.12. The van der Waals surface area contributed by atoms with Gasteiger partial charge in [-0.25, -0.2) is 8.42 Å². The number of hydrogen-bond acceptors (Lipinski definition) is 4. The van der Waals surface area contributed by atoms with Crippen molar-refractivity contribution >= 4 is 27.7 Å². The van der Waals surface area contributed by atoms with Crippen LogP contribution in [0.1, 0.15) is 20.8 Å². The summed E-state index contributed by atoms with van der Waals surface area (Å²) < 4.78 is 24.2. The normalized spacial score (nSPS) is 19.0. The zero-order valence-electron chi connectivity index (χ0n) is 11.5. The summed E-state index contributed by atoms with van der Waals surface area (Å²) in [5.41, 5.74) is 0. The van der Waals surface area contributed by atoms with E-state index in [1.54, 1.807) is 16.7 Å². The molecule has 18 heavy (non-hydrogen) atoms. The van der Waals surface area contributed by atoms with E-state index in [2.05, 4.69) is 20.8 Å². The van der Waals surface area contributed by atoms with Crippen molar-refractivity contribution in [2.75, 3.05) is 38.2 Å². The van der Waals surface area contributed by atoms with Crippen LogP contribution in [0.25, 0.3) is 0 Å². The van der Waals surface area contributed by atoms with Crippen molar-refractivity contribution in [3.8, 4) is 0 Å². The lowest BCUT2D eigenvalue weighted by Crippen LogP contribution is -2.50. The Hall–Kier alpha value is -0.270. The minimum absolute atomic E-state index is 0.0737. The lowest BCUT2D eigenvalue weighted by Gasteiger charge is -2.33. The number of hydrogen-bond donors (Lipinski definition) is 0. The molecule has 1 fully saturated rings. The summed E-state index contributed by atoms with van der Waals surface area (Å²) in [6, 6.07) is 0. The van der Waals surface area contributed by atoms with Crippen molar-refractivity contribution in [2.24, 2.45) is 0 Å². The molecule has 0 aromatic rings. The number of piperazine rings is 1. The first-order chi connectivity index (χ1) is 8.09. The van der Waals surface area contributed by atoms with Crippen LogP contribution in [0, 0.1) is 0 Å². The Bertz CT molecular complexity index is 393. The fourth-order valence-corrected chi connectivity index (χ4v) is 3.20. The predicted molar refractivity (Wildman–Crippen MR) is 75.2 cm³/mol. The molecule has 1 rings (SSSR count). The van der Waals surface area contributed by atoms with Gasteiger partial charge in [0.1, 0.15) is 0 Å². The Morgan fingerprint density at radius 3 is 2.06 bits per heavy atom. The van der Waals surface area contributed by atoms with Crippen molar-refractivity contribution in [1.82, 2.24) is 9.21 Å². The predicted octanol–water partition coefficient (Wildman–Crippen LogP) is 0.622. The first-order valence-corrected chi connectivity index (χ1v) is 8.80. The molecule has 0 unspecified atom stereocenters. The maximum atomic E-state index is 11.9. The molecule has 0 aromatic carbocycles. The largest absolute Gasteiger partial charge is 0.339 e. The van der Waals surface area contributed by atoms with Crippen molar-refractivity contribution in [1.29, 1.82) is 0 Å². The standard InChI is InChI=1S/C11H22N2O3S2/c1-11(2,3)17-9-10(14)12-5-7-13(8-6-12)18(4,15)16/h5-9H2,1-4H3. The van der Waals surface area contributed by atoms with Crippen LogP contribution < -0.4 is 0 Å². The van der Waals surface area contributed by atoms with Gasteiger partial charge in [0.25, 0.3) is 0 Å². The third-order valence-electron chi connectivity index (χ3n) is 2.69. The van der Waals surface area contributed by atoms with E-state index in [1.807, 2.05) is 0 Å². The SMILES string of the molecule is CC(C)(C)SCC(=O)N1CCN(S(C)(=O)=O)CC1. The molecule has 0 aromatic heterocycles. The Balaban J connectivity index is 2.41. The highest BCUT2D eigenvalue weighted by atomic mass is 32.2. The molecule has 1 saturated heterocycles. The number of nitrogens with zero attached hydrogens (tertiary/aromatic N) is 2. The van der Waals surface area contributed by atoms with Gasteiger partial charge in [0.05, 0.1) is 12.0 Å². The van der Waals surface area contributed by atoms with Gasteiger partial charge >= 0.3 is 0 Å². The fraction of sp³-hybridized carbons (Fsp3) is 0.909. The summed E-state index contributed by atoms with van der Waals surface area (Å²) in [5.74, 6) is 0.561. The second-order valence-corrected chi connectivity index (χ2v) is 9.23. The van der Waals surface area contributed by atoms with Crippen LogP contribution in [0.3, 0.4) is 0 Å². The van der Waals surface area contributed by atoms with Crippen molar-refractivity contribution in [3.05, 3.63) is 0 Å². The maximum Gasteiger partial charge on any atom is 0.232 e. The monoisotopic (exact) mass is 294 g/mol. The van der Waals surface area contributed by atoms with Crippen LogP contribution >= 0.6 is 11.8 Å². The van der Waals surface area contributed by atoms with Crippen molar-refractivity contribution in [2.45, 2.75) is 25.5 Å². The fourth-order valence-electron chi connectivity index (χ4n) is 1.64. The van der Waals surface area contributed by atoms with Gasteiger partial charge in [-0.2, -0.15) is 4.31 Å². The highest BCUT2D eigenvalue weighted by Gasteiger charge is 2.26. The van der Waals surface area contributed by atoms with Crippen molar-refractivity contribution in [3.63, 3.8) is 0 Å². The molecular formula is C11H22N2O3S2. The summed E-state index contributed by atoms with van der Waals surface area (Å²) in [4.78, 5) is 13.7. The molecule has 1 aliphatic rings. The topological polar surface area (TPSA) is 57.7 Å². The van der Waals surface area contributed by atoms with E-state index in [0.29, 0.717) is 31.9 Å². The van der Waals surface area contributed by atoms with E-state index in [9.17, 15) is 13.2 Å². The lowest BCUT2D eigenvalue weighted by molar-refractivity contribution is -0.129. The van der Waals surface area contributed by atoms with Crippen LogP contribution in [0.5, 0.6) is 0 Å². The molecular weight excluding hydrogens is 272 g/mol. The van der Waals surface area contributed by atoms with Gasteiger partial charge in [0.15, 0.2) is 0 Å². The summed E-state index contributed by atoms with van der Waals surface area (Å²) in [6.07, 6.45) is 1.21. The number of rotatable bonds is 3. The Morgan fingerprint density at radius 2 is 1.67 bits per heavy atom. The summed E-state index contributed by atoms with van der Waals surface area (Å²) in [5, 5.41) is 0. The molecule has 0 bridgehead atoms. The van der Waals surface area contributed by atoms with E-state index in [4.69, 9.17) is 0 Å². The molecule has 0 aliphatic carbocycles. The average molecular weight is 294 g/mol. The third kappa shape index (κ3) is 5.16. The number of sulfonamides is 1. The van der Waals surface area contributed by atoms with Gasteiger partial charge in [-0.05, 0) is 0 Å². The molecule has 0 spiro atoms. The zero-order chi connectivity index (χ0) is 14.0. The highest BCUT2D eigenvalue weighted by Crippen LogP contribution is 2.23. The zero-order valence-corrected chi connectivity index (χ0v) is 13.1. The molecule has 1 heterocycles. The smallest absolute Gasteiger partial charge is 0.232 e. The van der Waals surface area contributed by atoms with Crippen LogP contribution in [0.15, 0.2) is 0 Å². The van der Waals surface area contributed by atoms with Crippen LogP contribution in [-0.2, 0) is 14.8 Å². The Labute approximate surface area is 114 Å². The second kappa shape index (κ2) is 5.79. The lowest BCUT2D eigenvalue weighted by atomic mass is 10.3. The maximum absolute atomic E-state index is 11.9. The molecule has 5 nitrogen and oxygen atoms in total. The highest BCUT2D eigenvalue weighted by molar-refractivity contribution is 8.01. The third-order valence-corrected chi connectivity index (χ3v) is 5.25. The summed E-state index contributed by atoms with van der Waals surface area (Å²) in [7, 11) is -3.12. The van der Waals surface area contributed by atoms with E-state index < -0.39 is 10.0 Å². The summed E-state index contributed by atoms with van der Waals surface area (Å²) in [6.45, 7) is 8.04. The number of carbonyl (C=O) groups is 1. The second-order valence-electron chi connectivity index (χ2n) is 5.44. The van der Waals surface area contributed by atoms with E-state index in [1.165, 1.54) is 10.6 Å². The molecule has 1 amide bonds.